The molecule has 0 radical (unpaired) electrons. The summed E-state index contributed by atoms with van der Waals surface area (Å²) in [6.07, 6.45) is 4.73. The van der Waals surface area contributed by atoms with Gasteiger partial charge in [0.25, 0.3) is 0 Å². The van der Waals surface area contributed by atoms with Gasteiger partial charge in [0.05, 0.1) is 6.04 Å². The summed E-state index contributed by atoms with van der Waals surface area (Å²) in [6.45, 7) is 7.75. The number of amides is 1. The molecule has 1 saturated heterocycles. The number of hydrogen-bond acceptors (Lipinski definition) is 2. The van der Waals surface area contributed by atoms with Gasteiger partial charge in [-0.1, -0.05) is 31.0 Å². The first kappa shape index (κ1) is 13.5. The molecular formula is C12H21ClN2O. The van der Waals surface area contributed by atoms with Crippen LogP contribution in [-0.2, 0) is 4.79 Å². The Balaban J connectivity index is 2.38. The normalized spacial score (nSPS) is 19.0. The summed E-state index contributed by atoms with van der Waals surface area (Å²) in [5.41, 5.74) is 0. The van der Waals surface area contributed by atoms with E-state index in [0.717, 1.165) is 25.9 Å². The van der Waals surface area contributed by atoms with Crippen molar-refractivity contribution in [3.63, 3.8) is 0 Å². The molecule has 1 fully saturated rings. The Morgan fingerprint density at radius 3 is 2.44 bits per heavy atom. The Morgan fingerprint density at radius 1 is 1.38 bits per heavy atom. The second-order valence-corrected chi connectivity index (χ2v) is 4.89. The molecular weight excluding hydrogens is 224 g/mol. The molecule has 1 aliphatic heterocycles. The van der Waals surface area contributed by atoms with Crippen molar-refractivity contribution in [1.29, 1.82) is 0 Å². The maximum atomic E-state index is 12.1. The Morgan fingerprint density at radius 2 is 1.94 bits per heavy atom. The number of likely N-dealkylation sites (tertiary alicyclic amines) is 1. The molecule has 0 aromatic carbocycles. The molecule has 0 saturated carbocycles. The van der Waals surface area contributed by atoms with E-state index >= 15 is 0 Å². The maximum absolute atomic E-state index is 12.1. The minimum atomic E-state index is -0.173. The molecule has 1 atom stereocenters. The van der Waals surface area contributed by atoms with Crippen molar-refractivity contribution in [2.24, 2.45) is 0 Å². The van der Waals surface area contributed by atoms with E-state index in [1.807, 2.05) is 11.8 Å². The van der Waals surface area contributed by atoms with Crippen LogP contribution in [0, 0.1) is 0 Å². The van der Waals surface area contributed by atoms with Gasteiger partial charge in [-0.05, 0) is 19.8 Å². The average Bonchev–Trinajstić information content (AvgIpc) is 2.53. The standard InChI is InChI=1S/C12H21ClN2O/c1-10(13)9-14-11(2)12(16)15-7-5-3-4-6-8-15/h11,14H,1,3-9H2,2H3. The van der Waals surface area contributed by atoms with Crippen LogP contribution in [0.1, 0.15) is 32.6 Å². The highest BCUT2D eigenvalue weighted by Gasteiger charge is 2.20. The van der Waals surface area contributed by atoms with Crippen molar-refractivity contribution in [1.82, 2.24) is 10.2 Å². The van der Waals surface area contributed by atoms with Gasteiger partial charge >= 0.3 is 0 Å². The number of carbonyl (C=O) groups excluding carboxylic acids is 1. The zero-order chi connectivity index (χ0) is 12.0. The van der Waals surface area contributed by atoms with Crippen LogP contribution in [-0.4, -0.2) is 36.5 Å². The maximum Gasteiger partial charge on any atom is 0.239 e. The fraction of sp³-hybridized carbons (Fsp3) is 0.750. The highest BCUT2D eigenvalue weighted by atomic mass is 35.5. The predicted molar refractivity (Wildman–Crippen MR) is 67.5 cm³/mol. The zero-order valence-corrected chi connectivity index (χ0v) is 10.7. The number of halogens is 1. The lowest BCUT2D eigenvalue weighted by Gasteiger charge is -2.24. The Labute approximate surface area is 103 Å². The second kappa shape index (κ2) is 6.92. The summed E-state index contributed by atoms with van der Waals surface area (Å²) < 4.78 is 0. The molecule has 0 bridgehead atoms. The minimum absolute atomic E-state index is 0.173. The highest BCUT2D eigenvalue weighted by molar-refractivity contribution is 6.29. The first-order valence-electron chi connectivity index (χ1n) is 5.96. The van der Waals surface area contributed by atoms with Gasteiger partial charge in [0.15, 0.2) is 0 Å². The number of rotatable bonds is 4. The number of nitrogens with one attached hydrogen (secondary N) is 1. The lowest BCUT2D eigenvalue weighted by Crippen LogP contribution is -2.45. The fourth-order valence-electron chi connectivity index (χ4n) is 1.92. The molecule has 0 aliphatic carbocycles. The van der Waals surface area contributed by atoms with Gasteiger partial charge in [0, 0.05) is 24.7 Å². The lowest BCUT2D eigenvalue weighted by atomic mass is 10.2. The third-order valence-corrected chi connectivity index (χ3v) is 3.02. The monoisotopic (exact) mass is 244 g/mol. The molecule has 1 aliphatic rings. The average molecular weight is 245 g/mol. The summed E-state index contributed by atoms with van der Waals surface area (Å²) in [5.74, 6) is 0.180. The van der Waals surface area contributed by atoms with Crippen molar-refractivity contribution in [2.45, 2.75) is 38.6 Å². The van der Waals surface area contributed by atoms with Crippen LogP contribution in [0.3, 0.4) is 0 Å². The highest BCUT2D eigenvalue weighted by Crippen LogP contribution is 2.10. The Bertz CT molecular complexity index is 247. The molecule has 0 aromatic rings. The largest absolute Gasteiger partial charge is 0.341 e. The molecule has 3 nitrogen and oxygen atoms in total. The van der Waals surface area contributed by atoms with E-state index < -0.39 is 0 Å². The molecule has 4 heteroatoms. The smallest absolute Gasteiger partial charge is 0.239 e. The molecule has 92 valence electrons. The van der Waals surface area contributed by atoms with Crippen molar-refractivity contribution in [3.8, 4) is 0 Å². The van der Waals surface area contributed by atoms with E-state index in [0.29, 0.717) is 11.6 Å². The molecule has 16 heavy (non-hydrogen) atoms. The van der Waals surface area contributed by atoms with Gasteiger partial charge in [-0.25, -0.2) is 0 Å². The summed E-state index contributed by atoms with van der Waals surface area (Å²) in [6, 6.07) is -0.173. The van der Waals surface area contributed by atoms with Crippen LogP contribution in [0.5, 0.6) is 0 Å². The third kappa shape index (κ3) is 4.54. The first-order valence-corrected chi connectivity index (χ1v) is 6.34. The molecule has 0 aromatic heterocycles. The van der Waals surface area contributed by atoms with Crippen molar-refractivity contribution in [2.75, 3.05) is 19.6 Å². The molecule has 1 rings (SSSR count). The summed E-state index contributed by atoms with van der Waals surface area (Å²) in [5, 5.41) is 3.61. The summed E-state index contributed by atoms with van der Waals surface area (Å²) in [7, 11) is 0. The number of nitrogens with zero attached hydrogens (tertiary/aromatic N) is 1. The van der Waals surface area contributed by atoms with E-state index in [1.54, 1.807) is 0 Å². The zero-order valence-electron chi connectivity index (χ0n) is 9.97. The van der Waals surface area contributed by atoms with Crippen molar-refractivity contribution < 1.29 is 4.79 Å². The van der Waals surface area contributed by atoms with Crippen LogP contribution in [0.25, 0.3) is 0 Å². The molecule has 1 unspecified atom stereocenters. The summed E-state index contributed by atoms with van der Waals surface area (Å²) in [4.78, 5) is 14.0. The Hall–Kier alpha value is -0.540. The van der Waals surface area contributed by atoms with E-state index in [2.05, 4.69) is 11.9 Å². The molecule has 1 amide bonds. The molecule has 1 heterocycles. The van der Waals surface area contributed by atoms with Crippen molar-refractivity contribution in [3.05, 3.63) is 11.6 Å². The molecule has 0 spiro atoms. The van der Waals surface area contributed by atoms with Gasteiger partial charge in [0.1, 0.15) is 0 Å². The van der Waals surface area contributed by atoms with E-state index in [-0.39, 0.29) is 11.9 Å². The minimum Gasteiger partial charge on any atom is -0.341 e. The third-order valence-electron chi connectivity index (χ3n) is 2.89. The van der Waals surface area contributed by atoms with E-state index in [1.165, 1.54) is 12.8 Å². The fourth-order valence-corrected chi connectivity index (χ4v) is 1.99. The van der Waals surface area contributed by atoms with Gasteiger partial charge in [-0.3, -0.25) is 4.79 Å². The van der Waals surface area contributed by atoms with Crippen LogP contribution in [0.4, 0.5) is 0 Å². The summed E-state index contributed by atoms with van der Waals surface area (Å²) >= 11 is 5.66. The SMILES string of the molecule is C=C(Cl)CNC(C)C(=O)N1CCCCCC1. The molecule has 1 N–H and O–H groups in total. The van der Waals surface area contributed by atoms with Crippen LogP contribution < -0.4 is 5.32 Å². The van der Waals surface area contributed by atoms with E-state index in [9.17, 15) is 4.79 Å². The topological polar surface area (TPSA) is 32.3 Å². The lowest BCUT2D eigenvalue weighted by molar-refractivity contribution is -0.132. The number of hydrogen-bond donors (Lipinski definition) is 1. The number of carbonyl (C=O) groups is 1. The van der Waals surface area contributed by atoms with Gasteiger partial charge < -0.3 is 10.2 Å². The second-order valence-electron chi connectivity index (χ2n) is 4.36. The quantitative estimate of drug-likeness (QED) is 0.822. The van der Waals surface area contributed by atoms with Gasteiger partial charge in [-0.2, -0.15) is 0 Å². The Kier molecular flexibility index (Phi) is 5.85. The predicted octanol–water partition coefficient (Wildman–Crippen LogP) is 2.12. The van der Waals surface area contributed by atoms with Crippen LogP contribution >= 0.6 is 11.6 Å². The van der Waals surface area contributed by atoms with Gasteiger partial charge in [0.2, 0.25) is 5.91 Å². The van der Waals surface area contributed by atoms with Crippen LogP contribution in [0.15, 0.2) is 11.6 Å². The van der Waals surface area contributed by atoms with E-state index in [4.69, 9.17) is 11.6 Å². The van der Waals surface area contributed by atoms with Crippen LogP contribution in [0.2, 0.25) is 0 Å². The first-order chi connectivity index (χ1) is 7.61. The van der Waals surface area contributed by atoms with Crippen molar-refractivity contribution >= 4 is 17.5 Å². The van der Waals surface area contributed by atoms with Gasteiger partial charge in [-0.15, -0.1) is 0 Å².